The van der Waals surface area contributed by atoms with Crippen LogP contribution in [0, 0.1) is 20.8 Å². The van der Waals surface area contributed by atoms with E-state index in [2.05, 4.69) is 5.10 Å². The van der Waals surface area contributed by atoms with Crippen molar-refractivity contribution in [1.82, 2.24) is 9.78 Å². The first-order valence-electron chi connectivity index (χ1n) is 9.00. The minimum Gasteiger partial charge on any atom is -0.490 e. The Balaban J connectivity index is 1.54. The van der Waals surface area contributed by atoms with Gasteiger partial charge in [0.25, 0.3) is 0 Å². The minimum absolute atomic E-state index is 0.203. The molecule has 0 N–H and O–H groups in total. The number of ether oxygens (including phenoxy) is 2. The number of hydrogen-bond donors (Lipinski definition) is 0. The van der Waals surface area contributed by atoms with Crippen LogP contribution in [0.15, 0.2) is 54.6 Å². The molecule has 0 radical (unpaired) electrons. The van der Waals surface area contributed by atoms with Crippen molar-refractivity contribution in [2.24, 2.45) is 0 Å². The lowest BCUT2D eigenvalue weighted by atomic mass is 10.1. The highest BCUT2D eigenvalue weighted by atomic mass is 16.6. The first kappa shape index (κ1) is 18.7. The first-order chi connectivity index (χ1) is 13.0. The third kappa shape index (κ3) is 4.76. The van der Waals surface area contributed by atoms with Gasteiger partial charge in [-0.1, -0.05) is 30.3 Å². The quantitative estimate of drug-likeness (QED) is 0.470. The van der Waals surface area contributed by atoms with Crippen LogP contribution in [0.25, 0.3) is 5.69 Å². The number of nitrogens with zero attached hydrogens (tertiary/aromatic N) is 2. The minimum atomic E-state index is -0.276. The second-order valence-electron chi connectivity index (χ2n) is 6.46. The fourth-order valence-corrected chi connectivity index (χ4v) is 2.97. The Morgan fingerprint density at radius 1 is 1.00 bits per heavy atom. The lowest BCUT2D eigenvalue weighted by molar-refractivity contribution is -0.143. The van der Waals surface area contributed by atoms with Crippen molar-refractivity contribution in [3.8, 4) is 11.4 Å². The van der Waals surface area contributed by atoms with E-state index >= 15 is 0 Å². The lowest BCUT2D eigenvalue weighted by Gasteiger charge is -2.08. The molecule has 5 heteroatoms. The summed E-state index contributed by atoms with van der Waals surface area (Å²) in [4.78, 5) is 12.2. The molecule has 0 atom stereocenters. The van der Waals surface area contributed by atoms with Crippen molar-refractivity contribution in [3.63, 3.8) is 0 Å². The molecule has 140 valence electrons. The summed E-state index contributed by atoms with van der Waals surface area (Å²) in [6.07, 6.45) is 0.203. The smallest absolute Gasteiger partial charge is 0.310 e. The second-order valence-corrected chi connectivity index (χ2v) is 6.46. The maximum absolute atomic E-state index is 12.2. The molecule has 1 heterocycles. The summed E-state index contributed by atoms with van der Waals surface area (Å²) in [6, 6.07) is 17.7. The monoisotopic (exact) mass is 364 g/mol. The molecule has 0 amide bonds. The molecule has 0 saturated carbocycles. The molecule has 0 aliphatic heterocycles. The maximum atomic E-state index is 12.2. The van der Waals surface area contributed by atoms with Crippen molar-refractivity contribution in [3.05, 3.63) is 77.1 Å². The summed E-state index contributed by atoms with van der Waals surface area (Å²) in [5, 5.41) is 4.56. The Kier molecular flexibility index (Phi) is 5.91. The summed E-state index contributed by atoms with van der Waals surface area (Å²) in [7, 11) is 0. The fourth-order valence-electron chi connectivity index (χ4n) is 2.97. The van der Waals surface area contributed by atoms with E-state index in [1.165, 1.54) is 0 Å². The van der Waals surface area contributed by atoms with Gasteiger partial charge < -0.3 is 9.47 Å². The van der Waals surface area contributed by atoms with Crippen LogP contribution in [0.5, 0.6) is 5.75 Å². The molecule has 5 nitrogen and oxygen atoms in total. The highest BCUT2D eigenvalue weighted by Crippen LogP contribution is 2.18. The molecule has 0 aliphatic carbocycles. The van der Waals surface area contributed by atoms with Crippen LogP contribution in [0.3, 0.4) is 0 Å². The number of aryl methyl sites for hydroxylation is 2. The average Bonchev–Trinajstić information content (AvgIpc) is 2.94. The Morgan fingerprint density at radius 3 is 2.52 bits per heavy atom. The standard InChI is InChI=1S/C22H24N2O3/c1-16-8-7-11-20(14-16)26-12-13-27-22(25)15-21-17(2)23-24(18(21)3)19-9-5-4-6-10-19/h4-11,14H,12-13,15H2,1-3H3. The number of hydrogen-bond acceptors (Lipinski definition) is 4. The number of rotatable bonds is 7. The molecule has 1 aromatic heterocycles. The average molecular weight is 364 g/mol. The molecule has 3 aromatic rings. The maximum Gasteiger partial charge on any atom is 0.310 e. The van der Waals surface area contributed by atoms with Crippen molar-refractivity contribution in [1.29, 1.82) is 0 Å². The van der Waals surface area contributed by atoms with E-state index in [1.54, 1.807) is 0 Å². The third-order valence-corrected chi connectivity index (χ3v) is 4.37. The second kappa shape index (κ2) is 8.54. The SMILES string of the molecule is Cc1cccc(OCCOC(=O)Cc2c(C)nn(-c3ccccc3)c2C)c1. The van der Waals surface area contributed by atoms with Crippen LogP contribution < -0.4 is 4.74 Å². The van der Waals surface area contributed by atoms with Crippen molar-refractivity contribution < 1.29 is 14.3 Å². The first-order valence-corrected chi connectivity index (χ1v) is 9.00. The summed E-state index contributed by atoms with van der Waals surface area (Å²) < 4.78 is 12.8. The summed E-state index contributed by atoms with van der Waals surface area (Å²) >= 11 is 0. The molecule has 0 saturated heterocycles. The van der Waals surface area contributed by atoms with Gasteiger partial charge in [-0.3, -0.25) is 4.79 Å². The van der Waals surface area contributed by atoms with Gasteiger partial charge in [0, 0.05) is 11.3 Å². The van der Waals surface area contributed by atoms with Crippen LogP contribution >= 0.6 is 0 Å². The van der Waals surface area contributed by atoms with Gasteiger partial charge in [0.1, 0.15) is 19.0 Å². The molecule has 3 rings (SSSR count). The Morgan fingerprint density at radius 2 is 1.78 bits per heavy atom. The van der Waals surface area contributed by atoms with Crippen LogP contribution in [-0.2, 0) is 16.0 Å². The van der Waals surface area contributed by atoms with Gasteiger partial charge in [0.15, 0.2) is 0 Å². The molecule has 0 bridgehead atoms. The zero-order valence-electron chi connectivity index (χ0n) is 15.9. The number of aromatic nitrogens is 2. The van der Waals surface area contributed by atoms with Crippen molar-refractivity contribution >= 4 is 5.97 Å². The fraction of sp³-hybridized carbons (Fsp3) is 0.273. The van der Waals surface area contributed by atoms with Gasteiger partial charge in [-0.2, -0.15) is 5.10 Å². The normalized spacial score (nSPS) is 10.6. The van der Waals surface area contributed by atoms with Gasteiger partial charge in [0.2, 0.25) is 0 Å². The lowest BCUT2D eigenvalue weighted by Crippen LogP contribution is -2.14. The highest BCUT2D eigenvalue weighted by Gasteiger charge is 2.16. The number of carbonyl (C=O) groups excluding carboxylic acids is 1. The van der Waals surface area contributed by atoms with Crippen molar-refractivity contribution in [2.45, 2.75) is 27.2 Å². The third-order valence-electron chi connectivity index (χ3n) is 4.37. The Hall–Kier alpha value is -3.08. The Labute approximate surface area is 159 Å². The molecule has 2 aromatic carbocycles. The summed E-state index contributed by atoms with van der Waals surface area (Å²) in [5.41, 5.74) is 4.80. The van der Waals surface area contributed by atoms with Gasteiger partial charge in [-0.25, -0.2) is 4.68 Å². The molecule has 0 aliphatic rings. The van der Waals surface area contributed by atoms with Crippen LogP contribution in [0.2, 0.25) is 0 Å². The highest BCUT2D eigenvalue weighted by molar-refractivity contribution is 5.73. The molecule has 0 spiro atoms. The predicted molar refractivity (Wildman–Crippen MR) is 104 cm³/mol. The van der Waals surface area contributed by atoms with Crippen LogP contribution in [-0.4, -0.2) is 29.0 Å². The molecule has 0 fully saturated rings. The van der Waals surface area contributed by atoms with E-state index in [-0.39, 0.29) is 19.0 Å². The van der Waals surface area contributed by atoms with Gasteiger partial charge in [0.05, 0.1) is 17.8 Å². The van der Waals surface area contributed by atoms with E-state index in [0.717, 1.165) is 34.0 Å². The molecular weight excluding hydrogens is 340 g/mol. The zero-order chi connectivity index (χ0) is 19.2. The van der Waals surface area contributed by atoms with Crippen molar-refractivity contribution in [2.75, 3.05) is 13.2 Å². The van der Waals surface area contributed by atoms with E-state index in [9.17, 15) is 4.79 Å². The number of benzene rings is 2. The topological polar surface area (TPSA) is 53.4 Å². The summed E-state index contributed by atoms with van der Waals surface area (Å²) in [5.74, 6) is 0.503. The van der Waals surface area contributed by atoms with E-state index in [1.807, 2.05) is 80.1 Å². The van der Waals surface area contributed by atoms with E-state index in [4.69, 9.17) is 9.47 Å². The Bertz CT molecular complexity index is 917. The summed E-state index contributed by atoms with van der Waals surface area (Å²) in [6.45, 7) is 6.44. The number of carbonyl (C=O) groups is 1. The van der Waals surface area contributed by atoms with Gasteiger partial charge in [-0.15, -0.1) is 0 Å². The van der Waals surface area contributed by atoms with Crippen LogP contribution in [0.1, 0.15) is 22.5 Å². The van der Waals surface area contributed by atoms with E-state index in [0.29, 0.717) is 6.61 Å². The van der Waals surface area contributed by atoms with Gasteiger partial charge in [-0.05, 0) is 50.6 Å². The van der Waals surface area contributed by atoms with E-state index < -0.39 is 0 Å². The largest absolute Gasteiger partial charge is 0.490 e. The molecule has 0 unspecified atom stereocenters. The van der Waals surface area contributed by atoms with Gasteiger partial charge >= 0.3 is 5.97 Å². The number of para-hydroxylation sites is 1. The molecular formula is C22H24N2O3. The zero-order valence-corrected chi connectivity index (χ0v) is 15.9. The van der Waals surface area contributed by atoms with Crippen LogP contribution in [0.4, 0.5) is 0 Å². The molecule has 27 heavy (non-hydrogen) atoms. The predicted octanol–water partition coefficient (Wildman–Crippen LogP) is 3.96. The number of esters is 1.